The van der Waals surface area contributed by atoms with Crippen LogP contribution in [0.3, 0.4) is 0 Å². The Morgan fingerprint density at radius 3 is 2.78 bits per heavy atom. The van der Waals surface area contributed by atoms with Crippen LogP contribution in [0.15, 0.2) is 30.4 Å². The van der Waals surface area contributed by atoms with Crippen LogP contribution in [0.4, 0.5) is 0 Å². The highest BCUT2D eigenvalue weighted by atomic mass is 16.2. The van der Waals surface area contributed by atoms with E-state index in [1.165, 1.54) is 11.1 Å². The van der Waals surface area contributed by atoms with E-state index in [-0.39, 0.29) is 5.91 Å². The second-order valence-electron chi connectivity index (χ2n) is 5.47. The number of carbonyl (C=O) groups excluding carboxylic acids is 1. The maximum absolute atomic E-state index is 12.6. The van der Waals surface area contributed by atoms with Crippen molar-refractivity contribution in [3.63, 3.8) is 0 Å². The van der Waals surface area contributed by atoms with E-state index in [1.807, 2.05) is 18.2 Å². The summed E-state index contributed by atoms with van der Waals surface area (Å²) in [5, 5.41) is 0. The molecule has 2 aliphatic rings. The molecule has 2 aliphatic heterocycles. The van der Waals surface area contributed by atoms with Gasteiger partial charge in [-0.2, -0.15) is 0 Å². The maximum Gasteiger partial charge on any atom is 0.254 e. The van der Waals surface area contributed by atoms with E-state index in [2.05, 4.69) is 30.9 Å². The van der Waals surface area contributed by atoms with Gasteiger partial charge in [0.05, 0.1) is 6.04 Å². The smallest absolute Gasteiger partial charge is 0.254 e. The molecule has 2 atom stereocenters. The largest absolute Gasteiger partial charge is 0.329 e. The Morgan fingerprint density at radius 2 is 2.06 bits per heavy atom. The highest BCUT2D eigenvalue weighted by molar-refractivity contribution is 5.95. The lowest BCUT2D eigenvalue weighted by atomic mass is 10.0. The van der Waals surface area contributed by atoms with Crippen molar-refractivity contribution in [2.75, 3.05) is 0 Å². The summed E-state index contributed by atoms with van der Waals surface area (Å²) in [6.07, 6.45) is 7.72. The Morgan fingerprint density at radius 1 is 1.22 bits per heavy atom. The average Bonchev–Trinajstić information content (AvgIpc) is 2.61. The first-order valence-electron chi connectivity index (χ1n) is 6.73. The number of amides is 1. The van der Waals surface area contributed by atoms with E-state index in [0.717, 1.165) is 24.8 Å². The predicted octanol–water partition coefficient (Wildman–Crippen LogP) is 3.24. The summed E-state index contributed by atoms with van der Waals surface area (Å²) in [5.41, 5.74) is 3.28. The second kappa shape index (κ2) is 4.27. The van der Waals surface area contributed by atoms with Crippen LogP contribution in [-0.2, 0) is 0 Å². The molecule has 0 aromatic heterocycles. The first-order chi connectivity index (χ1) is 8.66. The van der Waals surface area contributed by atoms with Crippen molar-refractivity contribution in [2.45, 2.75) is 45.2 Å². The van der Waals surface area contributed by atoms with Gasteiger partial charge in [-0.1, -0.05) is 18.2 Å². The van der Waals surface area contributed by atoms with Gasteiger partial charge >= 0.3 is 0 Å². The third kappa shape index (κ3) is 1.76. The van der Waals surface area contributed by atoms with Crippen LogP contribution in [0.2, 0.25) is 0 Å². The fourth-order valence-corrected chi connectivity index (χ4v) is 3.07. The van der Waals surface area contributed by atoms with Crippen molar-refractivity contribution in [3.05, 3.63) is 47.0 Å². The maximum atomic E-state index is 12.6. The number of carbonyl (C=O) groups is 1. The lowest BCUT2D eigenvalue weighted by Gasteiger charge is -2.31. The topological polar surface area (TPSA) is 20.3 Å². The van der Waals surface area contributed by atoms with Gasteiger partial charge in [-0.15, -0.1) is 0 Å². The molecule has 0 N–H and O–H groups in total. The van der Waals surface area contributed by atoms with E-state index in [0.29, 0.717) is 12.1 Å². The number of rotatable bonds is 1. The monoisotopic (exact) mass is 241 g/mol. The van der Waals surface area contributed by atoms with Crippen molar-refractivity contribution in [3.8, 4) is 0 Å². The molecule has 2 heterocycles. The normalized spacial score (nSPS) is 25.6. The number of fused-ring (bicyclic) bond motifs is 2. The summed E-state index contributed by atoms with van der Waals surface area (Å²) in [6.45, 7) is 4.15. The van der Waals surface area contributed by atoms with Crippen LogP contribution in [0, 0.1) is 13.8 Å². The van der Waals surface area contributed by atoms with E-state index >= 15 is 0 Å². The Balaban J connectivity index is 1.91. The lowest BCUT2D eigenvalue weighted by molar-refractivity contribution is 0.0689. The lowest BCUT2D eigenvalue weighted by Crippen LogP contribution is -2.42. The van der Waals surface area contributed by atoms with Gasteiger partial charge in [0.2, 0.25) is 0 Å². The van der Waals surface area contributed by atoms with E-state index in [9.17, 15) is 4.79 Å². The van der Waals surface area contributed by atoms with Crippen LogP contribution in [-0.4, -0.2) is 22.9 Å². The van der Waals surface area contributed by atoms with Crippen molar-refractivity contribution in [1.82, 2.24) is 4.90 Å². The summed E-state index contributed by atoms with van der Waals surface area (Å²) < 4.78 is 0. The van der Waals surface area contributed by atoms with Gasteiger partial charge in [-0.25, -0.2) is 0 Å². The Labute approximate surface area is 108 Å². The van der Waals surface area contributed by atoms with Gasteiger partial charge in [-0.05, 0) is 56.4 Å². The molecule has 94 valence electrons. The molecule has 2 heteroatoms. The molecule has 0 aliphatic carbocycles. The molecular formula is C16H19NO. The molecule has 1 aromatic carbocycles. The molecule has 2 nitrogen and oxygen atoms in total. The fraction of sp³-hybridized carbons (Fsp3) is 0.438. The second-order valence-corrected chi connectivity index (χ2v) is 5.47. The summed E-state index contributed by atoms with van der Waals surface area (Å²) in [5.74, 6) is 0.204. The Bertz CT molecular complexity index is 518. The molecule has 2 bridgehead atoms. The number of nitrogens with zero attached hydrogens (tertiary/aromatic N) is 1. The minimum absolute atomic E-state index is 0.204. The third-order valence-corrected chi connectivity index (χ3v) is 4.30. The number of aryl methyl sites for hydroxylation is 2. The molecule has 0 spiro atoms. The Hall–Kier alpha value is -1.57. The summed E-state index contributed by atoms with van der Waals surface area (Å²) in [4.78, 5) is 14.7. The van der Waals surface area contributed by atoms with Gasteiger partial charge in [0.25, 0.3) is 5.91 Å². The number of hydrogen-bond acceptors (Lipinski definition) is 1. The molecule has 0 saturated carbocycles. The average molecular weight is 241 g/mol. The zero-order valence-electron chi connectivity index (χ0n) is 11.0. The van der Waals surface area contributed by atoms with Crippen LogP contribution in [0.1, 0.15) is 40.7 Å². The van der Waals surface area contributed by atoms with Gasteiger partial charge in [0.1, 0.15) is 0 Å². The first kappa shape index (κ1) is 11.5. The molecule has 3 rings (SSSR count). The number of benzene rings is 1. The van der Waals surface area contributed by atoms with Crippen LogP contribution < -0.4 is 0 Å². The predicted molar refractivity (Wildman–Crippen MR) is 72.7 cm³/mol. The molecule has 1 fully saturated rings. The minimum atomic E-state index is 0.204. The van der Waals surface area contributed by atoms with Crippen molar-refractivity contribution in [2.24, 2.45) is 0 Å². The van der Waals surface area contributed by atoms with E-state index in [1.54, 1.807) is 0 Å². The van der Waals surface area contributed by atoms with Crippen LogP contribution in [0.25, 0.3) is 0 Å². The zero-order valence-corrected chi connectivity index (χ0v) is 11.0. The van der Waals surface area contributed by atoms with Crippen LogP contribution >= 0.6 is 0 Å². The zero-order chi connectivity index (χ0) is 12.7. The fourth-order valence-electron chi connectivity index (χ4n) is 3.07. The van der Waals surface area contributed by atoms with Gasteiger partial charge in [0.15, 0.2) is 0 Å². The van der Waals surface area contributed by atoms with Gasteiger partial charge in [0, 0.05) is 11.6 Å². The molecular weight excluding hydrogens is 222 g/mol. The molecule has 0 radical (unpaired) electrons. The Kier molecular flexibility index (Phi) is 2.73. The highest BCUT2D eigenvalue weighted by Crippen LogP contribution is 2.32. The summed E-state index contributed by atoms with van der Waals surface area (Å²) in [7, 11) is 0. The minimum Gasteiger partial charge on any atom is -0.329 e. The first-order valence-corrected chi connectivity index (χ1v) is 6.73. The van der Waals surface area contributed by atoms with Crippen molar-refractivity contribution >= 4 is 5.91 Å². The van der Waals surface area contributed by atoms with Gasteiger partial charge < -0.3 is 4.90 Å². The summed E-state index contributed by atoms with van der Waals surface area (Å²) >= 11 is 0. The van der Waals surface area contributed by atoms with E-state index in [4.69, 9.17) is 0 Å². The third-order valence-electron chi connectivity index (χ3n) is 4.30. The van der Waals surface area contributed by atoms with Crippen molar-refractivity contribution in [1.29, 1.82) is 0 Å². The molecule has 18 heavy (non-hydrogen) atoms. The molecule has 1 aromatic rings. The van der Waals surface area contributed by atoms with Crippen molar-refractivity contribution < 1.29 is 4.79 Å². The van der Waals surface area contributed by atoms with E-state index < -0.39 is 0 Å². The number of hydrogen-bond donors (Lipinski definition) is 0. The molecule has 1 saturated heterocycles. The highest BCUT2D eigenvalue weighted by Gasteiger charge is 2.37. The molecule has 1 amide bonds. The quantitative estimate of drug-likeness (QED) is 0.691. The molecule has 2 unspecified atom stereocenters. The summed E-state index contributed by atoms with van der Waals surface area (Å²) in [6, 6.07) is 6.79. The van der Waals surface area contributed by atoms with Gasteiger partial charge in [-0.3, -0.25) is 4.79 Å². The van der Waals surface area contributed by atoms with Crippen LogP contribution in [0.5, 0.6) is 0 Å². The standard InChI is InChI=1S/C16H19NO/c1-11-6-7-13(10-12(11)2)16(18)17-14-4-3-5-15(17)9-8-14/h3-4,6-7,10,14-15H,5,8-9H2,1-2H3. The SMILES string of the molecule is Cc1ccc(C(=O)N2C3C=CCC2CC3)cc1C.